The molecule has 2 heterocycles. The fourth-order valence-electron chi connectivity index (χ4n) is 9.52. The zero-order chi connectivity index (χ0) is 30.1. The number of esters is 3. The quantitative estimate of drug-likeness (QED) is 0.217. The minimum Gasteiger partial charge on any atom is -0.469 e. The van der Waals surface area contributed by atoms with Crippen LogP contribution in [0.15, 0.2) is 12.2 Å². The van der Waals surface area contributed by atoms with Gasteiger partial charge in [-0.25, -0.2) is 9.59 Å². The Labute approximate surface area is 241 Å². The van der Waals surface area contributed by atoms with Crippen LogP contribution in [-0.4, -0.2) is 82.6 Å². The zero-order valence-corrected chi connectivity index (χ0v) is 25.2. The molecule has 4 aliphatic carbocycles. The standard InChI is InChI=1S/C31H44O10/c1-15-18-9-12-31(36)27(5)19(13-21(30(31,14-18)22(15)32)39-25(35)29(7)17(3)41-29)26(4,23(33)37-8)11-10-20(27)38-24(34)28(6)16(2)40-28/h16-22,32,36H,1,9-14H2,2-8H3. The zero-order valence-electron chi connectivity index (χ0n) is 25.2. The molecular weight excluding hydrogens is 532 g/mol. The molecule has 0 aromatic rings. The van der Waals surface area contributed by atoms with Gasteiger partial charge in [0.25, 0.3) is 0 Å². The van der Waals surface area contributed by atoms with Crippen molar-refractivity contribution >= 4 is 17.9 Å². The molecule has 0 amide bonds. The van der Waals surface area contributed by atoms with Crippen LogP contribution < -0.4 is 0 Å². The molecule has 6 aliphatic rings. The summed E-state index contributed by atoms with van der Waals surface area (Å²) in [6.07, 6.45) is -1.51. The summed E-state index contributed by atoms with van der Waals surface area (Å²) in [6, 6.07) is 0. The first-order chi connectivity index (χ1) is 19.0. The second kappa shape index (κ2) is 8.55. The number of carbonyl (C=O) groups is 3. The van der Waals surface area contributed by atoms with E-state index in [-0.39, 0.29) is 31.0 Å². The van der Waals surface area contributed by atoms with Crippen LogP contribution in [0.25, 0.3) is 0 Å². The van der Waals surface area contributed by atoms with Crippen molar-refractivity contribution in [3.05, 3.63) is 12.2 Å². The molecule has 1 spiro atoms. The minimum atomic E-state index is -1.68. The maximum Gasteiger partial charge on any atom is 0.341 e. The van der Waals surface area contributed by atoms with Gasteiger partial charge < -0.3 is 33.9 Å². The lowest BCUT2D eigenvalue weighted by atomic mass is 9.37. The van der Waals surface area contributed by atoms with Crippen LogP contribution in [-0.2, 0) is 38.1 Å². The Morgan fingerprint density at radius 3 is 1.95 bits per heavy atom. The SMILES string of the molecule is C=C1C2CCC3(O)C4(C)C(OC(=O)C5(C)OC5C)CCC(C)(C(=O)OC)C4CC(OC(=O)C4(C)OC4C)C3(C2)C1O. The van der Waals surface area contributed by atoms with E-state index in [9.17, 15) is 24.6 Å². The summed E-state index contributed by atoms with van der Waals surface area (Å²) >= 11 is 0. The first-order valence-corrected chi connectivity index (χ1v) is 14.9. The molecule has 0 radical (unpaired) electrons. The van der Waals surface area contributed by atoms with Crippen LogP contribution in [0.5, 0.6) is 0 Å². The van der Waals surface area contributed by atoms with Gasteiger partial charge in [-0.15, -0.1) is 0 Å². The Morgan fingerprint density at radius 2 is 1.44 bits per heavy atom. The lowest BCUT2D eigenvalue weighted by molar-refractivity contribution is -0.332. The smallest absolute Gasteiger partial charge is 0.341 e. The van der Waals surface area contributed by atoms with Gasteiger partial charge in [0, 0.05) is 5.41 Å². The lowest BCUT2D eigenvalue weighted by Gasteiger charge is -2.70. The summed E-state index contributed by atoms with van der Waals surface area (Å²) in [4.78, 5) is 40.4. The number of epoxide rings is 2. The molecule has 6 fully saturated rings. The molecule has 0 aromatic heterocycles. The van der Waals surface area contributed by atoms with Gasteiger partial charge in [-0.1, -0.05) is 13.5 Å². The lowest BCUT2D eigenvalue weighted by Crippen LogP contribution is -2.78. The number of ether oxygens (including phenoxy) is 5. The van der Waals surface area contributed by atoms with E-state index in [1.165, 1.54) is 7.11 Å². The number of aliphatic hydroxyl groups excluding tert-OH is 1. The van der Waals surface area contributed by atoms with Crippen LogP contribution in [0, 0.1) is 28.1 Å². The van der Waals surface area contributed by atoms with Gasteiger partial charge in [0.2, 0.25) is 0 Å². The molecule has 2 bridgehead atoms. The third-order valence-corrected chi connectivity index (χ3v) is 12.8. The molecule has 13 unspecified atom stereocenters. The average molecular weight is 577 g/mol. The van der Waals surface area contributed by atoms with Crippen molar-refractivity contribution in [2.24, 2.45) is 28.1 Å². The van der Waals surface area contributed by atoms with Gasteiger partial charge in [-0.3, -0.25) is 4.79 Å². The highest BCUT2D eigenvalue weighted by molar-refractivity contribution is 5.84. The summed E-state index contributed by atoms with van der Waals surface area (Å²) < 4.78 is 28.9. The van der Waals surface area contributed by atoms with E-state index in [0.29, 0.717) is 31.3 Å². The van der Waals surface area contributed by atoms with Crippen LogP contribution in [0.4, 0.5) is 0 Å². The van der Waals surface area contributed by atoms with Crippen molar-refractivity contribution in [1.29, 1.82) is 0 Å². The molecule has 10 heteroatoms. The van der Waals surface area contributed by atoms with E-state index in [1.54, 1.807) is 27.7 Å². The fraction of sp³-hybridized carbons (Fsp3) is 0.839. The van der Waals surface area contributed by atoms with Crippen LogP contribution in [0.3, 0.4) is 0 Å². The number of hydrogen-bond donors (Lipinski definition) is 2. The van der Waals surface area contributed by atoms with Crippen molar-refractivity contribution in [2.45, 2.75) is 127 Å². The summed E-state index contributed by atoms with van der Waals surface area (Å²) in [7, 11) is 1.34. The highest BCUT2D eigenvalue weighted by atomic mass is 16.7. The summed E-state index contributed by atoms with van der Waals surface area (Å²) in [6.45, 7) is 14.8. The molecule has 6 rings (SSSR count). The van der Waals surface area contributed by atoms with Gasteiger partial charge in [0.15, 0.2) is 11.2 Å². The number of aliphatic hydroxyl groups is 2. The van der Waals surface area contributed by atoms with Gasteiger partial charge in [-0.2, -0.15) is 0 Å². The predicted octanol–water partition coefficient (Wildman–Crippen LogP) is 2.61. The molecule has 2 saturated heterocycles. The largest absolute Gasteiger partial charge is 0.469 e. The first-order valence-electron chi connectivity index (χ1n) is 14.9. The molecule has 2 N–H and O–H groups in total. The number of carbonyl (C=O) groups excluding carboxylic acids is 3. The molecule has 0 aromatic carbocycles. The van der Waals surface area contributed by atoms with Crippen LogP contribution in [0.2, 0.25) is 0 Å². The average Bonchev–Trinajstić information content (AvgIpc) is 3.75. The van der Waals surface area contributed by atoms with Gasteiger partial charge >= 0.3 is 17.9 Å². The number of fused-ring (bicyclic) bond motifs is 3. The van der Waals surface area contributed by atoms with E-state index >= 15 is 0 Å². The summed E-state index contributed by atoms with van der Waals surface area (Å²) in [5, 5.41) is 25.1. The van der Waals surface area contributed by atoms with E-state index in [0.717, 1.165) is 0 Å². The maximum atomic E-state index is 13.5. The van der Waals surface area contributed by atoms with E-state index in [4.69, 9.17) is 23.7 Å². The highest BCUT2D eigenvalue weighted by Crippen LogP contribution is 2.75. The van der Waals surface area contributed by atoms with Crippen LogP contribution in [0.1, 0.15) is 80.1 Å². The van der Waals surface area contributed by atoms with Crippen molar-refractivity contribution in [2.75, 3.05) is 7.11 Å². The van der Waals surface area contributed by atoms with Gasteiger partial charge in [-0.05, 0) is 90.6 Å². The molecule has 228 valence electrons. The monoisotopic (exact) mass is 576 g/mol. The Hall–Kier alpha value is -2.01. The second-order valence-corrected chi connectivity index (χ2v) is 14.4. The number of hydrogen-bond acceptors (Lipinski definition) is 10. The summed E-state index contributed by atoms with van der Waals surface area (Å²) in [5.41, 5.74) is -6.85. The molecule has 41 heavy (non-hydrogen) atoms. The van der Waals surface area contributed by atoms with Gasteiger partial charge in [0.05, 0.1) is 41.9 Å². The van der Waals surface area contributed by atoms with Crippen molar-refractivity contribution in [3.8, 4) is 0 Å². The normalized spacial score (nSPS) is 54.9. The van der Waals surface area contributed by atoms with E-state index in [2.05, 4.69) is 6.58 Å². The highest BCUT2D eigenvalue weighted by Gasteiger charge is 2.81. The first kappa shape index (κ1) is 29.1. The Balaban J connectivity index is 1.49. The molecule has 10 nitrogen and oxygen atoms in total. The van der Waals surface area contributed by atoms with Crippen molar-refractivity contribution in [3.63, 3.8) is 0 Å². The predicted molar refractivity (Wildman–Crippen MR) is 143 cm³/mol. The third-order valence-electron chi connectivity index (χ3n) is 12.8. The third kappa shape index (κ3) is 3.36. The molecule has 13 atom stereocenters. The number of rotatable bonds is 5. The molecular formula is C31H44O10. The topological polar surface area (TPSA) is 144 Å². The minimum absolute atomic E-state index is 0.0606. The molecule has 4 saturated carbocycles. The Bertz CT molecular complexity index is 1220. The van der Waals surface area contributed by atoms with E-state index < -0.39 is 75.2 Å². The fourth-order valence-corrected chi connectivity index (χ4v) is 9.52. The van der Waals surface area contributed by atoms with E-state index in [1.807, 2.05) is 13.8 Å². The number of methoxy groups -OCH3 is 1. The molecule has 2 aliphatic heterocycles. The Morgan fingerprint density at radius 1 is 0.902 bits per heavy atom. The Kier molecular flexibility index (Phi) is 6.06. The van der Waals surface area contributed by atoms with Crippen LogP contribution >= 0.6 is 0 Å². The second-order valence-electron chi connectivity index (χ2n) is 14.4. The summed E-state index contributed by atoms with van der Waals surface area (Å²) in [5.74, 6) is -2.19. The maximum absolute atomic E-state index is 13.5. The van der Waals surface area contributed by atoms with Crippen molar-refractivity contribution < 1.29 is 48.3 Å². The van der Waals surface area contributed by atoms with Crippen molar-refractivity contribution in [1.82, 2.24) is 0 Å². The van der Waals surface area contributed by atoms with Gasteiger partial charge in [0.1, 0.15) is 12.2 Å².